The highest BCUT2D eigenvalue weighted by atomic mass is 16.5. The van der Waals surface area contributed by atoms with E-state index in [0.717, 1.165) is 18.7 Å². The number of aliphatic hydroxyl groups excluding tert-OH is 1. The minimum absolute atomic E-state index is 0.0784. The van der Waals surface area contributed by atoms with Crippen LogP contribution in [0, 0.1) is 0 Å². The van der Waals surface area contributed by atoms with Crippen molar-refractivity contribution in [1.29, 1.82) is 0 Å². The molecule has 4 nitrogen and oxygen atoms in total. The van der Waals surface area contributed by atoms with E-state index in [-0.39, 0.29) is 6.10 Å². The van der Waals surface area contributed by atoms with E-state index in [1.807, 2.05) is 44.2 Å². The minimum Gasteiger partial charge on any atom is -0.489 e. The molecule has 130 valence electrons. The SMILES string of the molecule is CC(C)Oc1ccc(C(O)CCN(C)Cc2ccccc2)cc1N. The number of benzene rings is 2. The lowest BCUT2D eigenvalue weighted by Crippen LogP contribution is -2.21. The summed E-state index contributed by atoms with van der Waals surface area (Å²) >= 11 is 0. The van der Waals surface area contributed by atoms with Gasteiger partial charge in [-0.1, -0.05) is 36.4 Å². The first-order valence-corrected chi connectivity index (χ1v) is 8.42. The monoisotopic (exact) mass is 328 g/mol. The molecule has 0 spiro atoms. The van der Waals surface area contributed by atoms with Gasteiger partial charge in [-0.3, -0.25) is 0 Å². The van der Waals surface area contributed by atoms with Crippen molar-refractivity contribution >= 4 is 5.69 Å². The summed E-state index contributed by atoms with van der Waals surface area (Å²) in [5, 5.41) is 10.4. The van der Waals surface area contributed by atoms with Crippen molar-refractivity contribution in [3.05, 3.63) is 59.7 Å². The molecular formula is C20H28N2O2. The van der Waals surface area contributed by atoms with Gasteiger partial charge in [0, 0.05) is 13.1 Å². The Bertz CT molecular complexity index is 629. The number of rotatable bonds is 8. The molecule has 0 aliphatic heterocycles. The summed E-state index contributed by atoms with van der Waals surface area (Å²) in [5.41, 5.74) is 8.69. The molecule has 0 saturated heterocycles. The van der Waals surface area contributed by atoms with Gasteiger partial charge in [0.05, 0.1) is 17.9 Å². The second-order valence-electron chi connectivity index (χ2n) is 6.49. The van der Waals surface area contributed by atoms with Crippen molar-refractivity contribution in [2.75, 3.05) is 19.3 Å². The van der Waals surface area contributed by atoms with Crippen LogP contribution in [0.5, 0.6) is 5.75 Å². The van der Waals surface area contributed by atoms with E-state index >= 15 is 0 Å². The molecule has 0 saturated carbocycles. The van der Waals surface area contributed by atoms with Crippen molar-refractivity contribution < 1.29 is 9.84 Å². The van der Waals surface area contributed by atoms with Crippen LogP contribution in [0.25, 0.3) is 0 Å². The van der Waals surface area contributed by atoms with Crippen molar-refractivity contribution in [1.82, 2.24) is 4.90 Å². The number of hydrogen-bond acceptors (Lipinski definition) is 4. The maximum Gasteiger partial charge on any atom is 0.142 e. The number of anilines is 1. The number of nitrogens with zero attached hydrogens (tertiary/aromatic N) is 1. The van der Waals surface area contributed by atoms with Crippen LogP contribution in [0.3, 0.4) is 0 Å². The van der Waals surface area contributed by atoms with Crippen LogP contribution in [0.1, 0.15) is 37.5 Å². The lowest BCUT2D eigenvalue weighted by atomic mass is 10.0. The third-order valence-corrected chi connectivity index (χ3v) is 3.86. The summed E-state index contributed by atoms with van der Waals surface area (Å²) < 4.78 is 5.63. The van der Waals surface area contributed by atoms with Gasteiger partial charge in [-0.25, -0.2) is 0 Å². The molecule has 1 atom stereocenters. The molecule has 0 aliphatic carbocycles. The summed E-state index contributed by atoms with van der Waals surface area (Å²) in [6, 6.07) is 15.9. The van der Waals surface area contributed by atoms with Gasteiger partial charge in [-0.15, -0.1) is 0 Å². The summed E-state index contributed by atoms with van der Waals surface area (Å²) in [6.45, 7) is 5.60. The van der Waals surface area contributed by atoms with Gasteiger partial charge in [0.15, 0.2) is 0 Å². The molecule has 0 radical (unpaired) electrons. The van der Waals surface area contributed by atoms with Crippen LogP contribution in [-0.4, -0.2) is 29.7 Å². The van der Waals surface area contributed by atoms with Crippen molar-refractivity contribution in [2.24, 2.45) is 0 Å². The maximum absolute atomic E-state index is 10.4. The second-order valence-corrected chi connectivity index (χ2v) is 6.49. The number of hydrogen-bond donors (Lipinski definition) is 2. The lowest BCUT2D eigenvalue weighted by molar-refractivity contribution is 0.147. The first kappa shape index (κ1) is 18.3. The Kier molecular flexibility index (Phi) is 6.64. The quantitative estimate of drug-likeness (QED) is 0.727. The van der Waals surface area contributed by atoms with Crippen molar-refractivity contribution in [3.8, 4) is 5.75 Å². The Morgan fingerprint density at radius 2 is 1.83 bits per heavy atom. The Hall–Kier alpha value is -2.04. The zero-order chi connectivity index (χ0) is 17.5. The highest BCUT2D eigenvalue weighted by molar-refractivity contribution is 5.54. The first-order valence-electron chi connectivity index (χ1n) is 8.42. The Morgan fingerprint density at radius 3 is 2.46 bits per heavy atom. The average molecular weight is 328 g/mol. The first-order chi connectivity index (χ1) is 11.5. The number of aliphatic hydroxyl groups is 1. The van der Waals surface area contributed by atoms with Crippen molar-refractivity contribution in [3.63, 3.8) is 0 Å². The molecule has 3 N–H and O–H groups in total. The largest absolute Gasteiger partial charge is 0.489 e. The fraction of sp³-hybridized carbons (Fsp3) is 0.400. The Balaban J connectivity index is 1.87. The molecule has 2 rings (SSSR count). The van der Waals surface area contributed by atoms with Crippen LogP contribution in [0.15, 0.2) is 48.5 Å². The fourth-order valence-electron chi connectivity index (χ4n) is 2.62. The van der Waals surface area contributed by atoms with E-state index < -0.39 is 6.10 Å². The zero-order valence-corrected chi connectivity index (χ0v) is 14.8. The molecule has 0 bridgehead atoms. The van der Waals surface area contributed by atoms with Gasteiger partial charge in [0.1, 0.15) is 5.75 Å². The maximum atomic E-state index is 10.4. The molecule has 0 aromatic heterocycles. The van der Waals surface area contributed by atoms with Gasteiger partial charge in [-0.05, 0) is 50.6 Å². The van der Waals surface area contributed by atoms with E-state index in [1.54, 1.807) is 6.07 Å². The molecular weight excluding hydrogens is 300 g/mol. The van der Waals surface area contributed by atoms with Crippen molar-refractivity contribution in [2.45, 2.75) is 39.0 Å². The molecule has 0 fully saturated rings. The molecule has 2 aromatic carbocycles. The number of ether oxygens (including phenoxy) is 1. The summed E-state index contributed by atoms with van der Waals surface area (Å²) in [5.74, 6) is 0.669. The second kappa shape index (κ2) is 8.71. The standard InChI is InChI=1S/C20H28N2O2/c1-15(2)24-20-10-9-17(13-18(20)21)19(23)11-12-22(3)14-16-7-5-4-6-8-16/h4-10,13,15,19,23H,11-12,14,21H2,1-3H3. The van der Waals surface area contributed by atoms with Gasteiger partial charge >= 0.3 is 0 Å². The smallest absolute Gasteiger partial charge is 0.142 e. The molecule has 0 heterocycles. The summed E-state index contributed by atoms with van der Waals surface area (Å²) in [7, 11) is 2.06. The number of nitrogen functional groups attached to an aromatic ring is 1. The fourth-order valence-corrected chi connectivity index (χ4v) is 2.62. The highest BCUT2D eigenvalue weighted by Crippen LogP contribution is 2.27. The molecule has 4 heteroatoms. The van der Waals surface area contributed by atoms with Gasteiger partial charge in [-0.2, -0.15) is 0 Å². The topological polar surface area (TPSA) is 58.7 Å². The van der Waals surface area contributed by atoms with Gasteiger partial charge in [0.2, 0.25) is 0 Å². The average Bonchev–Trinajstić information content (AvgIpc) is 2.55. The third-order valence-electron chi connectivity index (χ3n) is 3.86. The highest BCUT2D eigenvalue weighted by Gasteiger charge is 2.12. The lowest BCUT2D eigenvalue weighted by Gasteiger charge is -2.20. The molecule has 0 amide bonds. The van der Waals surface area contributed by atoms with Gasteiger partial charge in [0.25, 0.3) is 0 Å². The molecule has 2 aromatic rings. The van der Waals surface area contributed by atoms with E-state index in [4.69, 9.17) is 10.5 Å². The normalized spacial score (nSPS) is 12.6. The third kappa shape index (κ3) is 5.55. The van der Waals surface area contributed by atoms with Crippen LogP contribution in [0.4, 0.5) is 5.69 Å². The van der Waals surface area contributed by atoms with E-state index in [2.05, 4.69) is 24.1 Å². The predicted octanol–water partition coefficient (Wildman–Crippen LogP) is 3.61. The van der Waals surface area contributed by atoms with E-state index in [0.29, 0.717) is 17.9 Å². The minimum atomic E-state index is -0.529. The molecule has 1 unspecified atom stereocenters. The summed E-state index contributed by atoms with van der Waals surface area (Å²) in [6.07, 6.45) is 0.209. The van der Waals surface area contributed by atoms with Crippen LogP contribution < -0.4 is 10.5 Å². The van der Waals surface area contributed by atoms with Gasteiger partial charge < -0.3 is 20.5 Å². The van der Waals surface area contributed by atoms with Crippen LogP contribution in [0.2, 0.25) is 0 Å². The molecule has 24 heavy (non-hydrogen) atoms. The Morgan fingerprint density at radius 1 is 1.12 bits per heavy atom. The predicted molar refractivity (Wildman–Crippen MR) is 99.0 cm³/mol. The van der Waals surface area contributed by atoms with E-state index in [1.165, 1.54) is 5.56 Å². The van der Waals surface area contributed by atoms with Crippen LogP contribution in [-0.2, 0) is 6.54 Å². The van der Waals surface area contributed by atoms with Crippen LogP contribution >= 0.6 is 0 Å². The summed E-state index contributed by atoms with van der Waals surface area (Å²) in [4.78, 5) is 2.21. The molecule has 0 aliphatic rings. The number of nitrogens with two attached hydrogens (primary N) is 1. The Labute approximate surface area is 144 Å². The van der Waals surface area contributed by atoms with E-state index in [9.17, 15) is 5.11 Å². The zero-order valence-electron chi connectivity index (χ0n) is 14.8.